The van der Waals surface area contributed by atoms with Gasteiger partial charge in [-0.15, -0.1) is 11.3 Å². The summed E-state index contributed by atoms with van der Waals surface area (Å²) in [7, 11) is 3.98. The first-order valence-electron chi connectivity index (χ1n) is 11.4. The number of fused-ring (bicyclic) bond motifs is 1. The molecule has 0 radical (unpaired) electrons. The second kappa shape index (κ2) is 10.1. The summed E-state index contributed by atoms with van der Waals surface area (Å²) in [6.07, 6.45) is 5.22. The molecule has 2 fully saturated rings. The van der Waals surface area contributed by atoms with Crippen LogP contribution in [0.2, 0.25) is 0 Å². The highest BCUT2D eigenvalue weighted by Crippen LogP contribution is 2.38. The van der Waals surface area contributed by atoms with Gasteiger partial charge in [0.25, 0.3) is 5.91 Å². The van der Waals surface area contributed by atoms with Crippen molar-refractivity contribution in [2.75, 3.05) is 46.9 Å². The molecule has 31 heavy (non-hydrogen) atoms. The topological polar surface area (TPSA) is 61.9 Å². The fraction of sp³-hybridized carbons (Fsp3) is 0.583. The summed E-state index contributed by atoms with van der Waals surface area (Å²) in [6.45, 7) is 3.04. The summed E-state index contributed by atoms with van der Waals surface area (Å²) in [4.78, 5) is 30.7. The maximum absolute atomic E-state index is 13.0. The number of carbonyl (C=O) groups excluding carboxylic acids is 2. The van der Waals surface area contributed by atoms with Crippen LogP contribution in [0.1, 0.15) is 53.4 Å². The lowest BCUT2D eigenvalue weighted by Crippen LogP contribution is -2.43. The summed E-state index contributed by atoms with van der Waals surface area (Å²) >= 11 is 1.51. The van der Waals surface area contributed by atoms with Crippen molar-refractivity contribution in [2.45, 2.75) is 38.2 Å². The number of thiophene rings is 1. The number of carbonyl (C=O) groups is 2. The molecule has 0 bridgehead atoms. The van der Waals surface area contributed by atoms with Crippen molar-refractivity contribution in [3.63, 3.8) is 0 Å². The Kier molecular flexibility index (Phi) is 7.25. The average Bonchev–Trinajstić information content (AvgIpc) is 3.41. The Hall–Kier alpha value is -1.96. The Morgan fingerprint density at radius 1 is 1.23 bits per heavy atom. The molecule has 1 N–H and O–H groups in total. The van der Waals surface area contributed by atoms with E-state index in [1.165, 1.54) is 37.0 Å². The summed E-state index contributed by atoms with van der Waals surface area (Å²) in [5, 5.41) is 4.10. The Bertz CT molecular complexity index is 920. The van der Waals surface area contributed by atoms with E-state index in [1.807, 2.05) is 42.1 Å². The van der Waals surface area contributed by atoms with Gasteiger partial charge in [0, 0.05) is 36.3 Å². The van der Waals surface area contributed by atoms with Crippen molar-refractivity contribution in [1.82, 2.24) is 15.1 Å². The van der Waals surface area contributed by atoms with Crippen molar-refractivity contribution in [2.24, 2.45) is 5.92 Å². The van der Waals surface area contributed by atoms with Gasteiger partial charge in [-0.3, -0.25) is 9.59 Å². The van der Waals surface area contributed by atoms with Crippen LogP contribution in [0, 0.1) is 5.92 Å². The Balaban J connectivity index is 1.54. The van der Waals surface area contributed by atoms with Crippen LogP contribution >= 0.6 is 11.3 Å². The van der Waals surface area contributed by atoms with E-state index in [0.717, 1.165) is 22.2 Å². The quantitative estimate of drug-likeness (QED) is 0.709. The number of rotatable bonds is 7. The number of nitrogens with one attached hydrogen (secondary N) is 1. The molecule has 1 aliphatic carbocycles. The van der Waals surface area contributed by atoms with E-state index in [4.69, 9.17) is 4.74 Å². The van der Waals surface area contributed by atoms with Crippen LogP contribution < -0.4 is 5.32 Å². The molecule has 168 valence electrons. The normalized spacial score (nSPS) is 20.0. The van der Waals surface area contributed by atoms with E-state index < -0.39 is 0 Å². The first-order chi connectivity index (χ1) is 15.0. The maximum atomic E-state index is 13.0. The molecule has 0 unspecified atom stereocenters. The lowest BCUT2D eigenvalue weighted by molar-refractivity contribution is -0.139. The minimum Gasteiger partial charge on any atom is -0.370 e. The number of morpholine rings is 1. The highest BCUT2D eigenvalue weighted by molar-refractivity contribution is 7.21. The van der Waals surface area contributed by atoms with Crippen molar-refractivity contribution in [3.8, 4) is 0 Å². The summed E-state index contributed by atoms with van der Waals surface area (Å²) < 4.78 is 7.22. The van der Waals surface area contributed by atoms with E-state index in [2.05, 4.69) is 11.4 Å². The predicted octanol–water partition coefficient (Wildman–Crippen LogP) is 3.67. The maximum Gasteiger partial charge on any atom is 0.261 e. The number of nitrogens with zero attached hydrogens (tertiary/aromatic N) is 2. The van der Waals surface area contributed by atoms with Crippen LogP contribution in [0.4, 0.5) is 0 Å². The molecule has 7 heteroatoms. The van der Waals surface area contributed by atoms with Crippen LogP contribution in [-0.2, 0) is 9.53 Å². The second-order valence-electron chi connectivity index (χ2n) is 8.95. The summed E-state index contributed by atoms with van der Waals surface area (Å²) in [5.41, 5.74) is 0.932. The molecule has 0 spiro atoms. The van der Waals surface area contributed by atoms with E-state index in [9.17, 15) is 9.59 Å². The van der Waals surface area contributed by atoms with Gasteiger partial charge >= 0.3 is 0 Å². The fourth-order valence-electron chi connectivity index (χ4n) is 4.67. The summed E-state index contributed by atoms with van der Waals surface area (Å²) in [6, 6.07) is 8.10. The van der Waals surface area contributed by atoms with Gasteiger partial charge < -0.3 is 19.9 Å². The van der Waals surface area contributed by atoms with Crippen LogP contribution in [-0.4, -0.2) is 68.5 Å². The highest BCUT2D eigenvalue weighted by Gasteiger charge is 2.32. The molecule has 2 heterocycles. The third-order valence-corrected chi connectivity index (χ3v) is 7.55. The minimum atomic E-state index is -0.271. The zero-order chi connectivity index (χ0) is 21.8. The van der Waals surface area contributed by atoms with Gasteiger partial charge in [-0.1, -0.05) is 31.0 Å². The molecule has 1 aromatic heterocycles. The van der Waals surface area contributed by atoms with Crippen LogP contribution in [0.3, 0.4) is 0 Å². The van der Waals surface area contributed by atoms with Crippen LogP contribution in [0.15, 0.2) is 24.3 Å². The molecule has 1 saturated carbocycles. The van der Waals surface area contributed by atoms with Gasteiger partial charge in [0.15, 0.2) is 0 Å². The van der Waals surface area contributed by atoms with E-state index >= 15 is 0 Å². The first kappa shape index (κ1) is 22.2. The number of amides is 2. The fourth-order valence-corrected chi connectivity index (χ4v) is 5.84. The number of hydrogen-bond donors (Lipinski definition) is 1. The molecule has 1 atom stereocenters. The van der Waals surface area contributed by atoms with Gasteiger partial charge in [0.2, 0.25) is 5.91 Å². The smallest absolute Gasteiger partial charge is 0.261 e. The van der Waals surface area contributed by atoms with Crippen LogP contribution in [0.25, 0.3) is 10.1 Å². The minimum absolute atomic E-state index is 0.0592. The van der Waals surface area contributed by atoms with E-state index in [0.29, 0.717) is 43.5 Å². The molecule has 1 saturated heterocycles. The lowest BCUT2D eigenvalue weighted by atomic mass is 10.0. The molecular formula is C24H33N3O3S. The van der Waals surface area contributed by atoms with Gasteiger partial charge in [0.1, 0.15) is 6.10 Å². The molecule has 2 aliphatic rings. The standard InChI is InChI=1S/C24H33N3O3S/c1-26(2)12-11-25-24(29)23-22(18-9-5-6-10-20(18)31-23)19-16-27(13-14-30-19)21(28)15-17-7-3-4-8-17/h5-6,9-10,17,19H,3-4,7-8,11-16H2,1-2H3,(H,25,29)/t19-/m1/s1. The average molecular weight is 444 g/mol. The molecule has 2 aromatic rings. The molecular weight excluding hydrogens is 410 g/mol. The third-order valence-electron chi connectivity index (χ3n) is 6.36. The second-order valence-corrected chi connectivity index (χ2v) is 10.0. The number of likely N-dealkylation sites (N-methyl/N-ethyl adjacent to an activating group) is 1. The zero-order valence-corrected chi connectivity index (χ0v) is 19.4. The van der Waals surface area contributed by atoms with Gasteiger partial charge in [-0.05, 0) is 44.3 Å². The number of hydrogen-bond acceptors (Lipinski definition) is 5. The number of ether oxygens (including phenoxy) is 1. The van der Waals surface area contributed by atoms with Gasteiger partial charge in [-0.25, -0.2) is 0 Å². The van der Waals surface area contributed by atoms with Crippen molar-refractivity contribution in [1.29, 1.82) is 0 Å². The van der Waals surface area contributed by atoms with Crippen molar-refractivity contribution >= 4 is 33.2 Å². The third kappa shape index (κ3) is 5.27. The van der Waals surface area contributed by atoms with Gasteiger partial charge in [0.05, 0.1) is 18.0 Å². The van der Waals surface area contributed by atoms with E-state index in [-0.39, 0.29) is 17.9 Å². The first-order valence-corrected chi connectivity index (χ1v) is 12.2. The Labute approximate surface area is 188 Å². The van der Waals surface area contributed by atoms with Crippen molar-refractivity contribution < 1.29 is 14.3 Å². The van der Waals surface area contributed by atoms with Crippen LogP contribution in [0.5, 0.6) is 0 Å². The SMILES string of the molecule is CN(C)CCNC(=O)c1sc2ccccc2c1[C@H]1CN(C(=O)CC2CCCC2)CCO1. The predicted molar refractivity (Wildman–Crippen MR) is 125 cm³/mol. The highest BCUT2D eigenvalue weighted by atomic mass is 32.1. The largest absolute Gasteiger partial charge is 0.370 e. The molecule has 4 rings (SSSR count). The lowest BCUT2D eigenvalue weighted by Gasteiger charge is -2.34. The molecule has 1 aromatic carbocycles. The molecule has 2 amide bonds. The number of benzene rings is 1. The van der Waals surface area contributed by atoms with Crippen molar-refractivity contribution in [3.05, 3.63) is 34.7 Å². The molecule has 1 aliphatic heterocycles. The Morgan fingerprint density at radius 3 is 2.77 bits per heavy atom. The monoisotopic (exact) mass is 443 g/mol. The van der Waals surface area contributed by atoms with E-state index in [1.54, 1.807) is 0 Å². The summed E-state index contributed by atoms with van der Waals surface area (Å²) in [5.74, 6) is 0.710. The van der Waals surface area contributed by atoms with Gasteiger partial charge in [-0.2, -0.15) is 0 Å². The Morgan fingerprint density at radius 2 is 2.00 bits per heavy atom. The molecule has 6 nitrogen and oxygen atoms in total. The zero-order valence-electron chi connectivity index (χ0n) is 18.6.